The molecule has 3 aromatic rings. The number of rotatable bonds is 4. The molecule has 1 amide bonds. The van der Waals surface area contributed by atoms with Crippen molar-refractivity contribution in [3.8, 4) is 5.69 Å². The number of alkyl halides is 3. The lowest BCUT2D eigenvalue weighted by molar-refractivity contribution is -0.137. The van der Waals surface area contributed by atoms with Crippen molar-refractivity contribution in [1.82, 2.24) is 9.78 Å². The Bertz CT molecular complexity index is 1080. The largest absolute Gasteiger partial charge is 0.416 e. The Morgan fingerprint density at radius 2 is 1.77 bits per heavy atom. The molecular weight excluding hydrogens is 405 g/mol. The molecule has 2 aromatic carbocycles. The summed E-state index contributed by atoms with van der Waals surface area (Å²) in [4.78, 5) is 15.2. The van der Waals surface area contributed by atoms with Crippen molar-refractivity contribution in [3.63, 3.8) is 0 Å². The summed E-state index contributed by atoms with van der Waals surface area (Å²) in [6.07, 6.45) is 0.374. The third kappa shape index (κ3) is 4.42. The lowest BCUT2D eigenvalue weighted by Gasteiger charge is -2.30. The molecule has 1 N–H and O–H groups in total. The molecule has 0 bridgehead atoms. The highest BCUT2D eigenvalue weighted by molar-refractivity contribution is 6.06. The number of piperidine rings is 1. The standard InChI is InChI=1S/C23H23F3N4O/c1-16-19(15-27-30(16)18-9-7-8-17(14-18)23(24,25)26)22(31)28-20-10-3-4-11-21(20)29-12-5-2-6-13-29/h3-4,7-11,14-15H,2,5-6,12-13H2,1H3,(H,28,31). The van der Waals surface area contributed by atoms with E-state index in [1.165, 1.54) is 29.4 Å². The highest BCUT2D eigenvalue weighted by Crippen LogP contribution is 2.31. The van der Waals surface area contributed by atoms with Gasteiger partial charge in [0.05, 0.1) is 40.1 Å². The first-order valence-electron chi connectivity index (χ1n) is 10.2. The van der Waals surface area contributed by atoms with Crippen LogP contribution in [0, 0.1) is 6.92 Å². The second kappa shape index (κ2) is 8.45. The van der Waals surface area contributed by atoms with E-state index in [1.807, 2.05) is 24.3 Å². The maximum Gasteiger partial charge on any atom is 0.416 e. The van der Waals surface area contributed by atoms with Gasteiger partial charge in [0.25, 0.3) is 5.91 Å². The van der Waals surface area contributed by atoms with Gasteiger partial charge in [0.15, 0.2) is 0 Å². The van der Waals surface area contributed by atoms with Crippen LogP contribution in [0.5, 0.6) is 0 Å². The normalized spacial score (nSPS) is 14.5. The van der Waals surface area contributed by atoms with E-state index in [0.29, 0.717) is 16.9 Å². The van der Waals surface area contributed by atoms with Gasteiger partial charge < -0.3 is 10.2 Å². The van der Waals surface area contributed by atoms with Crippen molar-refractivity contribution in [1.29, 1.82) is 0 Å². The van der Waals surface area contributed by atoms with E-state index in [9.17, 15) is 18.0 Å². The monoisotopic (exact) mass is 428 g/mol. The highest BCUT2D eigenvalue weighted by Gasteiger charge is 2.31. The van der Waals surface area contributed by atoms with E-state index >= 15 is 0 Å². The second-order valence-corrected chi connectivity index (χ2v) is 7.62. The predicted octanol–water partition coefficient (Wildman–Crippen LogP) is 5.44. The smallest absolute Gasteiger partial charge is 0.370 e. The zero-order valence-electron chi connectivity index (χ0n) is 17.1. The fourth-order valence-electron chi connectivity index (χ4n) is 3.89. The summed E-state index contributed by atoms with van der Waals surface area (Å²) >= 11 is 0. The molecule has 1 aliphatic heterocycles. The van der Waals surface area contributed by atoms with Gasteiger partial charge in [-0.25, -0.2) is 4.68 Å². The molecule has 0 aliphatic carbocycles. The fraction of sp³-hybridized carbons (Fsp3) is 0.304. The topological polar surface area (TPSA) is 50.2 Å². The summed E-state index contributed by atoms with van der Waals surface area (Å²) in [7, 11) is 0. The molecule has 1 aromatic heterocycles. The summed E-state index contributed by atoms with van der Waals surface area (Å²) < 4.78 is 40.5. The molecule has 1 aliphatic rings. The zero-order valence-corrected chi connectivity index (χ0v) is 17.1. The molecule has 31 heavy (non-hydrogen) atoms. The number of amides is 1. The minimum absolute atomic E-state index is 0.250. The minimum atomic E-state index is -4.45. The molecule has 0 atom stereocenters. The maximum absolute atomic E-state index is 13.1. The van der Waals surface area contributed by atoms with Crippen molar-refractivity contribution in [2.45, 2.75) is 32.4 Å². The van der Waals surface area contributed by atoms with Crippen LogP contribution < -0.4 is 10.2 Å². The van der Waals surface area contributed by atoms with Crippen LogP contribution in [0.4, 0.5) is 24.5 Å². The summed E-state index contributed by atoms with van der Waals surface area (Å²) in [5.74, 6) is -0.347. The van der Waals surface area contributed by atoms with Gasteiger partial charge in [0, 0.05) is 13.1 Å². The first-order valence-corrected chi connectivity index (χ1v) is 10.2. The Labute approximate surface area is 178 Å². The Morgan fingerprint density at radius 3 is 2.52 bits per heavy atom. The molecular formula is C23H23F3N4O. The van der Waals surface area contributed by atoms with Crippen LogP contribution in [-0.2, 0) is 6.18 Å². The van der Waals surface area contributed by atoms with Crippen LogP contribution in [0.2, 0.25) is 0 Å². The summed E-state index contributed by atoms with van der Waals surface area (Å²) in [6.45, 7) is 3.55. The van der Waals surface area contributed by atoms with Gasteiger partial charge >= 0.3 is 6.18 Å². The first kappa shape index (κ1) is 21.0. The van der Waals surface area contributed by atoms with E-state index in [4.69, 9.17) is 0 Å². The van der Waals surface area contributed by atoms with E-state index in [0.717, 1.165) is 43.8 Å². The van der Waals surface area contributed by atoms with Crippen molar-refractivity contribution >= 4 is 17.3 Å². The quantitative estimate of drug-likeness (QED) is 0.602. The average molecular weight is 428 g/mol. The SMILES string of the molecule is Cc1c(C(=O)Nc2ccccc2N2CCCCC2)cnn1-c1cccc(C(F)(F)F)c1. The number of halogens is 3. The number of nitrogens with zero attached hydrogens (tertiary/aromatic N) is 3. The van der Waals surface area contributed by atoms with Crippen LogP contribution in [0.25, 0.3) is 5.69 Å². The molecule has 1 fully saturated rings. The van der Waals surface area contributed by atoms with E-state index in [-0.39, 0.29) is 11.6 Å². The lowest BCUT2D eigenvalue weighted by atomic mass is 10.1. The van der Waals surface area contributed by atoms with Gasteiger partial charge in [-0.1, -0.05) is 18.2 Å². The fourth-order valence-corrected chi connectivity index (χ4v) is 3.89. The number of anilines is 2. The maximum atomic E-state index is 13.1. The molecule has 5 nitrogen and oxygen atoms in total. The Kier molecular flexibility index (Phi) is 5.71. The average Bonchev–Trinajstić information content (AvgIpc) is 3.16. The van der Waals surface area contributed by atoms with Crippen molar-refractivity contribution < 1.29 is 18.0 Å². The number of carbonyl (C=O) groups is 1. The van der Waals surface area contributed by atoms with Gasteiger partial charge in [-0.15, -0.1) is 0 Å². The van der Waals surface area contributed by atoms with Gasteiger partial charge in [-0.05, 0) is 56.5 Å². The number of aromatic nitrogens is 2. The summed E-state index contributed by atoms with van der Waals surface area (Å²) in [5, 5.41) is 7.11. The molecule has 4 rings (SSSR count). The number of para-hydroxylation sites is 2. The van der Waals surface area contributed by atoms with Crippen LogP contribution >= 0.6 is 0 Å². The summed E-state index contributed by atoms with van der Waals surface area (Å²) in [5.41, 5.74) is 1.94. The van der Waals surface area contributed by atoms with E-state index in [1.54, 1.807) is 6.92 Å². The van der Waals surface area contributed by atoms with Gasteiger partial charge in [-0.2, -0.15) is 18.3 Å². The van der Waals surface area contributed by atoms with Crippen molar-refractivity contribution in [3.05, 3.63) is 71.5 Å². The molecule has 0 radical (unpaired) electrons. The number of hydrogen-bond donors (Lipinski definition) is 1. The Balaban J connectivity index is 1.59. The highest BCUT2D eigenvalue weighted by atomic mass is 19.4. The van der Waals surface area contributed by atoms with Crippen molar-refractivity contribution in [2.75, 3.05) is 23.3 Å². The van der Waals surface area contributed by atoms with E-state index < -0.39 is 11.7 Å². The lowest BCUT2D eigenvalue weighted by Crippen LogP contribution is -2.30. The number of carbonyl (C=O) groups excluding carboxylic acids is 1. The minimum Gasteiger partial charge on any atom is -0.370 e. The van der Waals surface area contributed by atoms with Crippen LogP contribution in [0.3, 0.4) is 0 Å². The Hall–Kier alpha value is -3.29. The van der Waals surface area contributed by atoms with Gasteiger partial charge in [-0.3, -0.25) is 4.79 Å². The molecule has 1 saturated heterocycles. The zero-order chi connectivity index (χ0) is 22.0. The van der Waals surface area contributed by atoms with Crippen LogP contribution in [0.1, 0.15) is 40.9 Å². The van der Waals surface area contributed by atoms with Crippen molar-refractivity contribution in [2.24, 2.45) is 0 Å². The third-order valence-electron chi connectivity index (χ3n) is 5.52. The van der Waals surface area contributed by atoms with Crippen LogP contribution in [0.15, 0.2) is 54.7 Å². The molecule has 162 valence electrons. The number of benzene rings is 2. The van der Waals surface area contributed by atoms with E-state index in [2.05, 4.69) is 15.3 Å². The van der Waals surface area contributed by atoms with Gasteiger partial charge in [0.2, 0.25) is 0 Å². The Morgan fingerprint density at radius 1 is 1.03 bits per heavy atom. The van der Waals surface area contributed by atoms with Crippen LogP contribution in [-0.4, -0.2) is 28.8 Å². The third-order valence-corrected chi connectivity index (χ3v) is 5.52. The van der Waals surface area contributed by atoms with Gasteiger partial charge in [0.1, 0.15) is 0 Å². The summed E-state index contributed by atoms with van der Waals surface area (Å²) in [6, 6.07) is 12.5. The second-order valence-electron chi connectivity index (χ2n) is 7.62. The molecule has 8 heteroatoms. The molecule has 0 spiro atoms. The predicted molar refractivity (Wildman–Crippen MR) is 114 cm³/mol. The molecule has 2 heterocycles. The number of hydrogen-bond acceptors (Lipinski definition) is 3. The first-order chi connectivity index (χ1) is 14.8. The molecule has 0 unspecified atom stereocenters. The molecule has 0 saturated carbocycles. The number of nitrogens with one attached hydrogen (secondary N) is 1.